The maximum absolute atomic E-state index is 12.6. The molecule has 0 aliphatic carbocycles. The summed E-state index contributed by atoms with van der Waals surface area (Å²) in [6.45, 7) is 4.61. The van der Waals surface area contributed by atoms with E-state index in [0.29, 0.717) is 41.0 Å². The molecule has 0 unspecified atom stereocenters. The zero-order chi connectivity index (χ0) is 23.8. The first kappa shape index (κ1) is 24.6. The van der Waals surface area contributed by atoms with Crippen LogP contribution in [0.25, 0.3) is 6.08 Å². The number of hydrogen-bond donors (Lipinski definition) is 1. The lowest BCUT2D eigenvalue weighted by molar-refractivity contribution is -0.112. The fraction of sp³-hybridized carbons (Fsp3) is 0.154. The molecule has 5 nitrogen and oxygen atoms in total. The van der Waals surface area contributed by atoms with Gasteiger partial charge in [-0.25, -0.2) is 0 Å². The molecule has 0 spiro atoms. The molecule has 0 saturated carbocycles. The Hall–Kier alpha value is -3.02. The first-order valence-electron chi connectivity index (χ1n) is 10.2. The number of nitriles is 1. The number of benzene rings is 3. The van der Waals surface area contributed by atoms with E-state index in [0.717, 1.165) is 14.7 Å². The van der Waals surface area contributed by atoms with Crippen LogP contribution in [0, 0.1) is 21.8 Å². The molecule has 0 aliphatic rings. The molecule has 0 atom stereocenters. The van der Waals surface area contributed by atoms with Gasteiger partial charge < -0.3 is 14.8 Å². The van der Waals surface area contributed by atoms with Crippen LogP contribution in [0.4, 0.5) is 5.69 Å². The van der Waals surface area contributed by atoms with Crippen LogP contribution in [0.2, 0.25) is 5.02 Å². The minimum atomic E-state index is -0.476. The Balaban J connectivity index is 1.84. The average molecular weight is 573 g/mol. The summed E-state index contributed by atoms with van der Waals surface area (Å²) in [7, 11) is 0. The summed E-state index contributed by atoms with van der Waals surface area (Å²) in [4.78, 5) is 12.6. The largest absolute Gasteiger partial charge is 0.490 e. The lowest BCUT2D eigenvalue weighted by atomic mass is 10.1. The lowest BCUT2D eigenvalue weighted by Crippen LogP contribution is -2.13. The third kappa shape index (κ3) is 6.98. The fourth-order valence-electron chi connectivity index (χ4n) is 3.01. The number of hydrogen-bond acceptors (Lipinski definition) is 4. The second-order valence-corrected chi connectivity index (χ2v) is 8.77. The fourth-order valence-corrected chi connectivity index (χ4v) is 4.00. The smallest absolute Gasteiger partial charge is 0.266 e. The van der Waals surface area contributed by atoms with Crippen LogP contribution in [0.3, 0.4) is 0 Å². The zero-order valence-electron chi connectivity index (χ0n) is 18.2. The maximum Gasteiger partial charge on any atom is 0.266 e. The molecule has 3 aromatic carbocycles. The minimum Gasteiger partial charge on any atom is -0.490 e. The average Bonchev–Trinajstić information content (AvgIpc) is 2.78. The second-order valence-electron chi connectivity index (χ2n) is 7.17. The van der Waals surface area contributed by atoms with Crippen molar-refractivity contribution in [3.05, 3.63) is 91.5 Å². The van der Waals surface area contributed by atoms with Gasteiger partial charge in [0.2, 0.25) is 0 Å². The van der Waals surface area contributed by atoms with Crippen molar-refractivity contribution in [3.8, 4) is 17.6 Å². The van der Waals surface area contributed by atoms with E-state index in [-0.39, 0.29) is 5.57 Å². The molecule has 0 heterocycles. The molecule has 0 radical (unpaired) electrons. The summed E-state index contributed by atoms with van der Waals surface area (Å²) in [5, 5.41) is 13.0. The van der Waals surface area contributed by atoms with E-state index in [1.807, 2.05) is 62.4 Å². The molecule has 1 amide bonds. The topological polar surface area (TPSA) is 71.3 Å². The number of rotatable bonds is 8. The third-order valence-corrected chi connectivity index (χ3v) is 5.63. The third-order valence-electron chi connectivity index (χ3n) is 4.59. The van der Waals surface area contributed by atoms with Gasteiger partial charge in [-0.1, -0.05) is 41.4 Å². The second kappa shape index (κ2) is 11.7. The van der Waals surface area contributed by atoms with Crippen LogP contribution in [0.1, 0.15) is 23.6 Å². The number of carbonyl (C=O) groups is 1. The molecule has 1 N–H and O–H groups in total. The van der Waals surface area contributed by atoms with E-state index in [2.05, 4.69) is 27.9 Å². The molecule has 3 aromatic rings. The summed E-state index contributed by atoms with van der Waals surface area (Å²) in [5.41, 5.74) is 3.29. The van der Waals surface area contributed by atoms with E-state index < -0.39 is 5.91 Å². The van der Waals surface area contributed by atoms with Gasteiger partial charge in [0.05, 0.1) is 10.2 Å². The molecule has 0 aliphatic heterocycles. The molecule has 0 bridgehead atoms. The maximum atomic E-state index is 12.6. The van der Waals surface area contributed by atoms with Crippen LogP contribution in [0.15, 0.2) is 66.2 Å². The summed E-state index contributed by atoms with van der Waals surface area (Å²) < 4.78 is 12.6. The van der Waals surface area contributed by atoms with E-state index in [9.17, 15) is 10.1 Å². The highest BCUT2D eigenvalue weighted by Crippen LogP contribution is 2.35. The molecule has 0 aromatic heterocycles. The van der Waals surface area contributed by atoms with Crippen molar-refractivity contribution in [1.82, 2.24) is 0 Å². The van der Waals surface area contributed by atoms with Gasteiger partial charge in [0.15, 0.2) is 11.5 Å². The molecular weight excluding hydrogens is 551 g/mol. The van der Waals surface area contributed by atoms with Crippen molar-refractivity contribution in [2.75, 3.05) is 11.9 Å². The highest BCUT2D eigenvalue weighted by molar-refractivity contribution is 14.1. The zero-order valence-corrected chi connectivity index (χ0v) is 21.1. The Morgan fingerprint density at radius 3 is 2.58 bits per heavy atom. The predicted octanol–water partition coefficient (Wildman–Crippen LogP) is 6.78. The van der Waals surface area contributed by atoms with Gasteiger partial charge in [0.25, 0.3) is 5.91 Å². The number of ether oxygens (including phenoxy) is 2. The van der Waals surface area contributed by atoms with Crippen molar-refractivity contribution in [2.24, 2.45) is 0 Å². The Morgan fingerprint density at radius 1 is 1.15 bits per heavy atom. The predicted molar refractivity (Wildman–Crippen MR) is 140 cm³/mol. The highest BCUT2D eigenvalue weighted by atomic mass is 127. The van der Waals surface area contributed by atoms with Gasteiger partial charge in [-0.05, 0) is 90.0 Å². The highest BCUT2D eigenvalue weighted by Gasteiger charge is 2.15. The summed E-state index contributed by atoms with van der Waals surface area (Å²) in [5.74, 6) is 0.654. The molecule has 168 valence electrons. The Bertz CT molecular complexity index is 1220. The monoisotopic (exact) mass is 572 g/mol. The van der Waals surface area contributed by atoms with Crippen LogP contribution in [-0.4, -0.2) is 12.5 Å². The number of nitrogens with one attached hydrogen (secondary N) is 1. The SMILES string of the molecule is CCOc1cc(/C=C(\C#N)C(=O)Nc2ccc(C)cc2)cc(I)c1OCc1cccc(Cl)c1. The first-order chi connectivity index (χ1) is 15.9. The van der Waals surface area contributed by atoms with E-state index in [1.165, 1.54) is 6.08 Å². The van der Waals surface area contributed by atoms with Crippen molar-refractivity contribution in [2.45, 2.75) is 20.5 Å². The van der Waals surface area contributed by atoms with Gasteiger partial charge in [0.1, 0.15) is 18.2 Å². The number of aryl methyl sites for hydroxylation is 1. The van der Waals surface area contributed by atoms with Crippen molar-refractivity contribution >= 4 is 51.9 Å². The Morgan fingerprint density at radius 2 is 1.91 bits per heavy atom. The Kier molecular flexibility index (Phi) is 8.75. The van der Waals surface area contributed by atoms with Crippen molar-refractivity contribution in [1.29, 1.82) is 5.26 Å². The molecule has 3 rings (SSSR count). The number of amides is 1. The van der Waals surface area contributed by atoms with E-state index >= 15 is 0 Å². The summed E-state index contributed by atoms with van der Waals surface area (Å²) in [6, 6.07) is 20.4. The first-order valence-corrected chi connectivity index (χ1v) is 11.7. The summed E-state index contributed by atoms with van der Waals surface area (Å²) in [6.07, 6.45) is 1.54. The van der Waals surface area contributed by atoms with Crippen LogP contribution >= 0.6 is 34.2 Å². The lowest BCUT2D eigenvalue weighted by Gasteiger charge is -2.15. The summed E-state index contributed by atoms with van der Waals surface area (Å²) >= 11 is 8.21. The Labute approximate surface area is 212 Å². The van der Waals surface area contributed by atoms with Gasteiger partial charge in [0, 0.05) is 10.7 Å². The standard InChI is InChI=1S/C26H22ClIN2O3/c1-3-32-24-14-19(11-20(15-29)26(31)30-22-9-7-17(2)8-10-22)13-23(28)25(24)33-16-18-5-4-6-21(27)12-18/h4-14H,3,16H2,1-2H3,(H,30,31)/b20-11+. The van der Waals surface area contributed by atoms with Gasteiger partial charge in [-0.3, -0.25) is 4.79 Å². The van der Waals surface area contributed by atoms with E-state index in [4.69, 9.17) is 21.1 Å². The molecular formula is C26H22ClIN2O3. The molecule has 0 fully saturated rings. The van der Waals surface area contributed by atoms with Crippen molar-refractivity contribution in [3.63, 3.8) is 0 Å². The number of halogens is 2. The minimum absolute atomic E-state index is 0.0126. The molecule has 7 heteroatoms. The van der Waals surface area contributed by atoms with Crippen LogP contribution in [-0.2, 0) is 11.4 Å². The van der Waals surface area contributed by atoms with Crippen molar-refractivity contribution < 1.29 is 14.3 Å². The van der Waals surface area contributed by atoms with Crippen LogP contribution in [0.5, 0.6) is 11.5 Å². The number of nitrogens with zero attached hydrogens (tertiary/aromatic N) is 1. The number of anilines is 1. The quantitative estimate of drug-likeness (QED) is 0.184. The van der Waals surface area contributed by atoms with Gasteiger partial charge >= 0.3 is 0 Å². The van der Waals surface area contributed by atoms with Gasteiger partial charge in [-0.2, -0.15) is 5.26 Å². The number of carbonyl (C=O) groups excluding carboxylic acids is 1. The van der Waals surface area contributed by atoms with Crippen LogP contribution < -0.4 is 14.8 Å². The molecule has 0 saturated heterocycles. The van der Waals surface area contributed by atoms with Gasteiger partial charge in [-0.15, -0.1) is 0 Å². The molecule has 33 heavy (non-hydrogen) atoms. The normalized spacial score (nSPS) is 10.9. The van der Waals surface area contributed by atoms with E-state index in [1.54, 1.807) is 18.2 Å².